The minimum atomic E-state index is 1.05. The summed E-state index contributed by atoms with van der Waals surface area (Å²) in [5.74, 6) is 0. The molecule has 0 amide bonds. The largest absolute Gasteiger partial charge is 0.384 e. The number of rotatable bonds is 3. The summed E-state index contributed by atoms with van der Waals surface area (Å²) in [7, 11) is 4.27. The van der Waals surface area contributed by atoms with Crippen molar-refractivity contribution in [2.75, 3.05) is 52.1 Å². The Morgan fingerprint density at radius 1 is 1.24 bits per heavy atom. The summed E-state index contributed by atoms with van der Waals surface area (Å²) >= 11 is 0. The Balaban J connectivity index is 1.92. The third-order valence-corrected chi connectivity index (χ3v) is 3.32. The highest BCUT2D eigenvalue weighted by Gasteiger charge is 2.11. The van der Waals surface area contributed by atoms with E-state index in [9.17, 15) is 0 Å². The Bertz CT molecular complexity index is 349. The van der Waals surface area contributed by atoms with E-state index in [0.29, 0.717) is 0 Å². The lowest BCUT2D eigenvalue weighted by Gasteiger charge is -2.27. The maximum absolute atomic E-state index is 3.53. The summed E-state index contributed by atoms with van der Waals surface area (Å²) in [5, 5.41) is 3.53. The van der Waals surface area contributed by atoms with Gasteiger partial charge in [-0.1, -0.05) is 18.2 Å². The van der Waals surface area contributed by atoms with Crippen molar-refractivity contribution in [2.24, 2.45) is 0 Å². The zero-order valence-electron chi connectivity index (χ0n) is 10.9. The highest BCUT2D eigenvalue weighted by molar-refractivity contribution is 5.51. The molecule has 0 radical (unpaired) electrons. The normalized spacial score (nSPS) is 17.1. The van der Waals surface area contributed by atoms with Gasteiger partial charge in [0.2, 0.25) is 0 Å². The lowest BCUT2D eigenvalue weighted by Crippen LogP contribution is -2.37. The molecule has 1 aliphatic heterocycles. The number of hydrogen-bond acceptors (Lipinski definition) is 3. The zero-order chi connectivity index (χ0) is 12.1. The first-order chi connectivity index (χ1) is 8.25. The second-order valence-electron chi connectivity index (χ2n) is 4.98. The standard InChI is InChI=1S/C14H23N3/c1-16(2)11-12-17-9-7-13-5-3-4-6-14(13)15-8-10-17/h3-6,15H,7-12H2,1-2H3. The van der Waals surface area contributed by atoms with Crippen LogP contribution < -0.4 is 5.32 Å². The number of fused-ring (bicyclic) bond motifs is 1. The molecule has 1 N–H and O–H groups in total. The van der Waals surface area contributed by atoms with Gasteiger partial charge in [-0.3, -0.25) is 4.90 Å². The van der Waals surface area contributed by atoms with Gasteiger partial charge in [-0.05, 0) is 32.1 Å². The Kier molecular flexibility index (Phi) is 4.40. The number of benzene rings is 1. The summed E-state index contributed by atoms with van der Waals surface area (Å²) in [6.07, 6.45) is 1.15. The van der Waals surface area contributed by atoms with Crippen molar-refractivity contribution < 1.29 is 0 Å². The van der Waals surface area contributed by atoms with E-state index in [-0.39, 0.29) is 0 Å². The van der Waals surface area contributed by atoms with E-state index in [1.54, 1.807) is 0 Å². The number of nitrogens with zero attached hydrogens (tertiary/aromatic N) is 2. The van der Waals surface area contributed by atoms with Crippen molar-refractivity contribution >= 4 is 5.69 Å². The van der Waals surface area contributed by atoms with Crippen LogP contribution in [0.5, 0.6) is 0 Å². The van der Waals surface area contributed by atoms with Crippen molar-refractivity contribution in [1.29, 1.82) is 0 Å². The van der Waals surface area contributed by atoms with Crippen LogP contribution in [0.3, 0.4) is 0 Å². The minimum absolute atomic E-state index is 1.05. The molecule has 0 aliphatic carbocycles. The fraction of sp³-hybridized carbons (Fsp3) is 0.571. The van der Waals surface area contributed by atoms with Gasteiger partial charge in [0.1, 0.15) is 0 Å². The average Bonchev–Trinajstić information content (AvgIpc) is 2.29. The van der Waals surface area contributed by atoms with Gasteiger partial charge < -0.3 is 10.2 Å². The fourth-order valence-corrected chi connectivity index (χ4v) is 2.21. The lowest BCUT2D eigenvalue weighted by molar-refractivity contribution is 0.249. The van der Waals surface area contributed by atoms with Crippen molar-refractivity contribution in [3.8, 4) is 0 Å². The molecular weight excluding hydrogens is 210 g/mol. The Labute approximate surface area is 104 Å². The molecule has 0 aromatic heterocycles. The highest BCUT2D eigenvalue weighted by atomic mass is 15.2. The molecule has 1 aliphatic rings. The van der Waals surface area contributed by atoms with Gasteiger partial charge in [-0.25, -0.2) is 0 Å². The molecule has 0 spiro atoms. The van der Waals surface area contributed by atoms with E-state index in [4.69, 9.17) is 0 Å². The van der Waals surface area contributed by atoms with Gasteiger partial charge in [0, 0.05) is 38.4 Å². The quantitative estimate of drug-likeness (QED) is 0.854. The van der Waals surface area contributed by atoms with Gasteiger partial charge in [0.25, 0.3) is 0 Å². The molecule has 94 valence electrons. The SMILES string of the molecule is CN(C)CCN1CCNc2ccccc2CC1. The summed E-state index contributed by atoms with van der Waals surface area (Å²) < 4.78 is 0. The molecule has 1 heterocycles. The minimum Gasteiger partial charge on any atom is -0.384 e. The van der Waals surface area contributed by atoms with Crippen LogP contribution in [0.1, 0.15) is 5.56 Å². The van der Waals surface area contributed by atoms with Gasteiger partial charge in [0.15, 0.2) is 0 Å². The number of hydrogen-bond donors (Lipinski definition) is 1. The lowest BCUT2D eigenvalue weighted by atomic mass is 10.1. The predicted octanol–water partition coefficient (Wildman–Crippen LogP) is 1.52. The Hall–Kier alpha value is -1.06. The van der Waals surface area contributed by atoms with Crippen LogP contribution in [0.25, 0.3) is 0 Å². The number of nitrogens with one attached hydrogen (secondary N) is 1. The topological polar surface area (TPSA) is 18.5 Å². The molecule has 17 heavy (non-hydrogen) atoms. The van der Waals surface area contributed by atoms with Crippen molar-refractivity contribution in [1.82, 2.24) is 9.80 Å². The molecular formula is C14H23N3. The molecule has 3 nitrogen and oxygen atoms in total. The van der Waals surface area contributed by atoms with Gasteiger partial charge in [-0.2, -0.15) is 0 Å². The second-order valence-corrected chi connectivity index (χ2v) is 4.98. The van der Waals surface area contributed by atoms with Crippen molar-refractivity contribution in [2.45, 2.75) is 6.42 Å². The average molecular weight is 233 g/mol. The molecule has 0 saturated heterocycles. The number of para-hydroxylation sites is 1. The zero-order valence-corrected chi connectivity index (χ0v) is 10.9. The summed E-state index contributed by atoms with van der Waals surface area (Å²) in [6.45, 7) is 5.66. The van der Waals surface area contributed by atoms with Crippen LogP contribution in [-0.2, 0) is 6.42 Å². The van der Waals surface area contributed by atoms with Crippen LogP contribution in [0.2, 0.25) is 0 Å². The van der Waals surface area contributed by atoms with Crippen LogP contribution in [0.15, 0.2) is 24.3 Å². The number of anilines is 1. The summed E-state index contributed by atoms with van der Waals surface area (Å²) in [4.78, 5) is 4.79. The second kappa shape index (κ2) is 6.03. The molecule has 1 aromatic rings. The first-order valence-corrected chi connectivity index (χ1v) is 6.44. The molecule has 1 aromatic carbocycles. The first kappa shape index (κ1) is 12.4. The summed E-state index contributed by atoms with van der Waals surface area (Å²) in [6, 6.07) is 8.66. The molecule has 2 rings (SSSR count). The van der Waals surface area contributed by atoms with E-state index in [0.717, 1.165) is 32.6 Å². The first-order valence-electron chi connectivity index (χ1n) is 6.44. The van der Waals surface area contributed by atoms with Crippen LogP contribution >= 0.6 is 0 Å². The maximum atomic E-state index is 3.53. The number of likely N-dealkylation sites (N-methyl/N-ethyl adjacent to an activating group) is 1. The molecule has 0 unspecified atom stereocenters. The highest BCUT2D eigenvalue weighted by Crippen LogP contribution is 2.17. The molecule has 3 heteroatoms. The Morgan fingerprint density at radius 3 is 2.88 bits per heavy atom. The monoisotopic (exact) mass is 233 g/mol. The molecule has 0 saturated carbocycles. The van der Waals surface area contributed by atoms with Crippen LogP contribution in [0, 0.1) is 0 Å². The maximum Gasteiger partial charge on any atom is 0.0373 e. The summed E-state index contributed by atoms with van der Waals surface area (Å²) in [5.41, 5.74) is 2.77. The predicted molar refractivity (Wildman–Crippen MR) is 73.6 cm³/mol. The van der Waals surface area contributed by atoms with Crippen molar-refractivity contribution in [3.05, 3.63) is 29.8 Å². The molecule has 0 bridgehead atoms. The third kappa shape index (κ3) is 3.72. The third-order valence-electron chi connectivity index (χ3n) is 3.32. The van der Waals surface area contributed by atoms with Gasteiger partial charge in [0.05, 0.1) is 0 Å². The van der Waals surface area contributed by atoms with E-state index >= 15 is 0 Å². The van der Waals surface area contributed by atoms with E-state index in [2.05, 4.69) is 53.5 Å². The fourth-order valence-electron chi connectivity index (χ4n) is 2.21. The molecule has 0 atom stereocenters. The van der Waals surface area contributed by atoms with E-state index < -0.39 is 0 Å². The van der Waals surface area contributed by atoms with Gasteiger partial charge >= 0.3 is 0 Å². The van der Waals surface area contributed by atoms with E-state index in [1.165, 1.54) is 17.8 Å². The van der Waals surface area contributed by atoms with Gasteiger partial charge in [-0.15, -0.1) is 0 Å². The van der Waals surface area contributed by atoms with Crippen molar-refractivity contribution in [3.63, 3.8) is 0 Å². The smallest absolute Gasteiger partial charge is 0.0373 e. The van der Waals surface area contributed by atoms with Crippen LogP contribution in [-0.4, -0.2) is 56.6 Å². The van der Waals surface area contributed by atoms with E-state index in [1.807, 2.05) is 0 Å². The van der Waals surface area contributed by atoms with Crippen LogP contribution in [0.4, 0.5) is 5.69 Å². The Morgan fingerprint density at radius 2 is 2.06 bits per heavy atom. The molecule has 0 fully saturated rings.